The van der Waals surface area contributed by atoms with E-state index in [9.17, 15) is 0 Å². The van der Waals surface area contributed by atoms with Gasteiger partial charge in [0.1, 0.15) is 0 Å². The van der Waals surface area contributed by atoms with Crippen molar-refractivity contribution in [2.24, 2.45) is 0 Å². The molecule has 4 heteroatoms. The Morgan fingerprint density at radius 1 is 1.20 bits per heavy atom. The van der Waals surface area contributed by atoms with Crippen LogP contribution in [0.2, 0.25) is 0 Å². The predicted octanol–water partition coefficient (Wildman–Crippen LogP) is 4.44. The second-order valence-electron chi connectivity index (χ2n) is 2.03. The molecule has 0 saturated carbocycles. The van der Waals surface area contributed by atoms with Gasteiger partial charge < -0.3 is 0 Å². The number of rotatable bonds is 7. The van der Waals surface area contributed by atoms with Gasteiger partial charge in [-0.3, -0.25) is 0 Å². The van der Waals surface area contributed by atoms with E-state index >= 15 is 0 Å². The Morgan fingerprint density at radius 2 is 2.00 bits per heavy atom. The summed E-state index contributed by atoms with van der Waals surface area (Å²) >= 11 is 4.02. The molecule has 0 rings (SSSR count). The van der Waals surface area contributed by atoms with E-state index in [1.165, 1.54) is 41.3 Å². The SMILES string of the molecule is CCCCCCSSSS. The van der Waals surface area contributed by atoms with Crippen LogP contribution in [0.4, 0.5) is 0 Å². The van der Waals surface area contributed by atoms with Gasteiger partial charge in [-0.05, 0) is 26.1 Å². The smallest absolute Gasteiger partial charge is 0.00454 e. The van der Waals surface area contributed by atoms with E-state index in [4.69, 9.17) is 0 Å². The van der Waals surface area contributed by atoms with Crippen LogP contribution in [0.1, 0.15) is 32.6 Å². The summed E-state index contributed by atoms with van der Waals surface area (Å²) in [5, 5.41) is 0. The van der Waals surface area contributed by atoms with E-state index in [1.54, 1.807) is 9.83 Å². The van der Waals surface area contributed by atoms with Crippen molar-refractivity contribution >= 4 is 42.1 Å². The average Bonchev–Trinajstić information content (AvgIpc) is 1.97. The lowest BCUT2D eigenvalue weighted by molar-refractivity contribution is 0.707. The zero-order valence-electron chi connectivity index (χ0n) is 6.21. The zero-order valence-corrected chi connectivity index (χ0v) is 9.55. The van der Waals surface area contributed by atoms with Gasteiger partial charge in [0.25, 0.3) is 0 Å². The molecule has 10 heavy (non-hydrogen) atoms. The topological polar surface area (TPSA) is 0 Å². The van der Waals surface area contributed by atoms with E-state index in [1.807, 2.05) is 10.8 Å². The zero-order chi connectivity index (χ0) is 7.66. The van der Waals surface area contributed by atoms with Crippen molar-refractivity contribution in [3.63, 3.8) is 0 Å². The first-order valence-electron chi connectivity index (χ1n) is 3.51. The highest BCUT2D eigenvalue weighted by Gasteiger charge is 1.89. The molecule has 0 bridgehead atoms. The Balaban J connectivity index is 2.65. The highest BCUT2D eigenvalue weighted by Crippen LogP contribution is 2.37. The molecule has 0 aromatic carbocycles. The summed E-state index contributed by atoms with van der Waals surface area (Å²) in [5.74, 6) is 1.28. The molecule has 0 aliphatic carbocycles. The third-order valence-corrected chi connectivity index (χ3v) is 5.80. The Bertz CT molecular complexity index is 49.7. The molecule has 0 nitrogen and oxygen atoms in total. The third kappa shape index (κ3) is 9.40. The maximum absolute atomic E-state index is 4.02. The molecular weight excluding hydrogens is 200 g/mol. The number of thiol groups is 1. The molecule has 62 valence electrons. The molecule has 0 spiro atoms. The molecule has 0 heterocycles. The van der Waals surface area contributed by atoms with Gasteiger partial charge in [0.05, 0.1) is 0 Å². The fourth-order valence-corrected chi connectivity index (χ4v) is 3.92. The minimum atomic E-state index is 1.28. The van der Waals surface area contributed by atoms with E-state index in [2.05, 4.69) is 18.6 Å². The van der Waals surface area contributed by atoms with Crippen LogP contribution < -0.4 is 0 Å². The van der Waals surface area contributed by atoms with Crippen molar-refractivity contribution in [3.05, 3.63) is 0 Å². The van der Waals surface area contributed by atoms with E-state index in [-0.39, 0.29) is 0 Å². The normalized spacial score (nSPS) is 10.2. The number of unbranched alkanes of at least 4 members (excludes halogenated alkanes) is 3. The molecule has 0 fully saturated rings. The summed E-state index contributed by atoms with van der Waals surface area (Å²) < 4.78 is 0. The van der Waals surface area contributed by atoms with Gasteiger partial charge in [-0.15, -0.1) is 0 Å². The van der Waals surface area contributed by atoms with Crippen LogP contribution in [0, 0.1) is 0 Å². The van der Waals surface area contributed by atoms with Crippen LogP contribution in [0.15, 0.2) is 0 Å². The molecule has 0 amide bonds. The predicted molar refractivity (Wildman–Crippen MR) is 60.8 cm³/mol. The molecule has 0 aromatic rings. The molecule has 0 aliphatic heterocycles. The monoisotopic (exact) mass is 214 g/mol. The van der Waals surface area contributed by atoms with Gasteiger partial charge in [-0.25, -0.2) is 0 Å². The van der Waals surface area contributed by atoms with Gasteiger partial charge in [-0.2, -0.15) is 0 Å². The lowest BCUT2D eigenvalue weighted by Gasteiger charge is -1.96. The van der Waals surface area contributed by atoms with Crippen LogP contribution in [0.5, 0.6) is 0 Å². The van der Waals surface area contributed by atoms with E-state index in [0.717, 1.165) is 0 Å². The maximum atomic E-state index is 4.02. The van der Waals surface area contributed by atoms with Crippen molar-refractivity contribution in [1.29, 1.82) is 0 Å². The molecule has 0 N–H and O–H groups in total. The van der Waals surface area contributed by atoms with Crippen molar-refractivity contribution in [2.45, 2.75) is 32.6 Å². The number of hydrogen-bond acceptors (Lipinski definition) is 4. The van der Waals surface area contributed by atoms with Gasteiger partial charge in [-0.1, -0.05) is 48.6 Å². The standard InChI is InChI=1S/C6H14S4/c1-2-3-4-5-6-8-10-9-7/h7H,2-6H2,1H3. The summed E-state index contributed by atoms with van der Waals surface area (Å²) in [5.41, 5.74) is 0. The van der Waals surface area contributed by atoms with E-state index < -0.39 is 0 Å². The summed E-state index contributed by atoms with van der Waals surface area (Å²) in [6.07, 6.45) is 5.47. The van der Waals surface area contributed by atoms with Crippen molar-refractivity contribution < 1.29 is 0 Å². The molecular formula is C6H14S4. The second-order valence-corrected chi connectivity index (χ2v) is 7.08. The fraction of sp³-hybridized carbons (Fsp3) is 1.00. The highest BCUT2D eigenvalue weighted by molar-refractivity contribution is 9.23. The Morgan fingerprint density at radius 3 is 2.60 bits per heavy atom. The number of hydrogen-bond donors (Lipinski definition) is 1. The lowest BCUT2D eigenvalue weighted by Crippen LogP contribution is -1.76. The molecule has 0 aliphatic rings. The Labute approximate surface area is 80.3 Å². The molecule has 0 atom stereocenters. The molecule has 0 saturated heterocycles. The Hall–Kier alpha value is 1.40. The first-order chi connectivity index (χ1) is 4.91. The summed E-state index contributed by atoms with van der Waals surface area (Å²) in [6, 6.07) is 0. The quantitative estimate of drug-likeness (QED) is 0.378. The third-order valence-electron chi connectivity index (χ3n) is 1.16. The summed E-state index contributed by atoms with van der Waals surface area (Å²) in [4.78, 5) is 0. The highest BCUT2D eigenvalue weighted by atomic mass is 33.7. The van der Waals surface area contributed by atoms with Gasteiger partial charge in [0.15, 0.2) is 0 Å². The van der Waals surface area contributed by atoms with Crippen molar-refractivity contribution in [3.8, 4) is 0 Å². The maximum Gasteiger partial charge on any atom is 0.00454 e. The van der Waals surface area contributed by atoms with Crippen LogP contribution in [0.3, 0.4) is 0 Å². The first kappa shape index (κ1) is 11.4. The second kappa shape index (κ2) is 10.4. The average molecular weight is 214 g/mol. The van der Waals surface area contributed by atoms with E-state index in [0.29, 0.717) is 0 Å². The van der Waals surface area contributed by atoms with Crippen LogP contribution in [-0.4, -0.2) is 5.75 Å². The van der Waals surface area contributed by atoms with Crippen LogP contribution in [0.25, 0.3) is 0 Å². The minimum absolute atomic E-state index is 1.28. The first-order valence-corrected chi connectivity index (χ1v) is 8.22. The van der Waals surface area contributed by atoms with Gasteiger partial charge in [0, 0.05) is 5.75 Å². The molecule has 0 radical (unpaired) electrons. The van der Waals surface area contributed by atoms with Crippen LogP contribution in [-0.2, 0) is 0 Å². The van der Waals surface area contributed by atoms with Crippen molar-refractivity contribution in [2.75, 3.05) is 5.75 Å². The molecule has 0 unspecified atom stereocenters. The molecule has 0 aromatic heterocycles. The Kier molecular flexibility index (Phi) is 11.9. The minimum Gasteiger partial charge on any atom is -0.0989 e. The lowest BCUT2D eigenvalue weighted by atomic mass is 10.2. The summed E-state index contributed by atoms with van der Waals surface area (Å²) in [7, 11) is 5.21. The van der Waals surface area contributed by atoms with Crippen LogP contribution >= 0.6 is 42.1 Å². The van der Waals surface area contributed by atoms with Crippen molar-refractivity contribution in [1.82, 2.24) is 0 Å². The summed E-state index contributed by atoms with van der Waals surface area (Å²) in [6.45, 7) is 2.24. The largest absolute Gasteiger partial charge is 0.0989 e. The van der Waals surface area contributed by atoms with Gasteiger partial charge >= 0.3 is 0 Å². The van der Waals surface area contributed by atoms with Gasteiger partial charge in [0.2, 0.25) is 0 Å². The fourth-order valence-electron chi connectivity index (χ4n) is 0.643.